The van der Waals surface area contributed by atoms with E-state index >= 15 is 0 Å². The van der Waals surface area contributed by atoms with Crippen LogP contribution in [0.1, 0.15) is 39.9 Å². The van der Waals surface area contributed by atoms with Gasteiger partial charge in [0.2, 0.25) is 0 Å². The van der Waals surface area contributed by atoms with Crippen molar-refractivity contribution in [3.05, 3.63) is 88.5 Å². The number of carboxylic acid groups (broad SMARTS) is 1. The zero-order valence-corrected chi connectivity index (χ0v) is 24.5. The number of carbonyl (C=O) groups is 2. The van der Waals surface area contributed by atoms with Crippen LogP contribution in [-0.2, 0) is 22.5 Å². The summed E-state index contributed by atoms with van der Waals surface area (Å²) in [6.45, 7) is 4.15. The van der Waals surface area contributed by atoms with E-state index in [0.29, 0.717) is 62.6 Å². The van der Waals surface area contributed by atoms with E-state index in [2.05, 4.69) is 21.0 Å². The van der Waals surface area contributed by atoms with Crippen LogP contribution in [0, 0.1) is 11.6 Å². The number of amides is 1. The summed E-state index contributed by atoms with van der Waals surface area (Å²) >= 11 is 0. The van der Waals surface area contributed by atoms with Gasteiger partial charge in [-0.2, -0.15) is 0 Å². The highest BCUT2D eigenvalue weighted by Gasteiger charge is 2.22. The smallest absolute Gasteiger partial charge is 0.317 e. The Morgan fingerprint density at radius 2 is 1.64 bits per heavy atom. The minimum Gasteiger partial charge on any atom is -0.480 e. The van der Waals surface area contributed by atoms with E-state index in [9.17, 15) is 18.4 Å². The Hall–Kier alpha value is -4.26. The third-order valence-corrected chi connectivity index (χ3v) is 8.02. The number of hydrogen-bond acceptors (Lipinski definition) is 8. The van der Waals surface area contributed by atoms with Gasteiger partial charge >= 0.3 is 5.97 Å². The molecule has 2 aliphatic heterocycles. The Labute approximate surface area is 255 Å². The maximum absolute atomic E-state index is 13.7. The largest absolute Gasteiger partial charge is 0.480 e. The van der Waals surface area contributed by atoms with Crippen molar-refractivity contribution < 1.29 is 28.2 Å². The van der Waals surface area contributed by atoms with Crippen LogP contribution >= 0.6 is 0 Å². The minimum absolute atomic E-state index is 0.0250. The molecule has 0 aromatic heterocycles. The zero-order valence-electron chi connectivity index (χ0n) is 24.5. The molecule has 0 radical (unpaired) electrons. The van der Waals surface area contributed by atoms with Gasteiger partial charge in [0.1, 0.15) is 11.6 Å². The van der Waals surface area contributed by atoms with Crippen molar-refractivity contribution in [1.82, 2.24) is 10.2 Å². The molecule has 10 nitrogen and oxygen atoms in total. The number of rotatable bonds is 11. The van der Waals surface area contributed by atoms with E-state index in [1.54, 1.807) is 6.07 Å². The second kappa shape index (κ2) is 14.5. The molecule has 1 amide bonds. The summed E-state index contributed by atoms with van der Waals surface area (Å²) in [5.74, 6) is 3.37. The van der Waals surface area contributed by atoms with Gasteiger partial charge in [-0.1, -0.05) is 12.1 Å². The molecule has 0 aliphatic carbocycles. The molecule has 12 heteroatoms. The monoisotopic (exact) mass is 608 g/mol. The fraction of sp³-hybridized carbons (Fsp3) is 0.375. The SMILES string of the molecule is NNc1ccc(Cc2cc(F)cc(F)c2)cc1CNC(=O)c1ccc(N2CCN(CC(=O)O)CC2)cc1NC1CCOCC1. The maximum atomic E-state index is 13.7. The molecule has 2 saturated heterocycles. The number of benzene rings is 3. The zero-order chi connectivity index (χ0) is 31.1. The second-order valence-corrected chi connectivity index (χ2v) is 11.2. The van der Waals surface area contributed by atoms with E-state index in [4.69, 9.17) is 15.7 Å². The van der Waals surface area contributed by atoms with Gasteiger partial charge < -0.3 is 30.8 Å². The van der Waals surface area contributed by atoms with Crippen molar-refractivity contribution in [3.8, 4) is 0 Å². The van der Waals surface area contributed by atoms with Gasteiger partial charge in [-0.25, -0.2) is 8.78 Å². The molecule has 3 aromatic rings. The highest BCUT2D eigenvalue weighted by atomic mass is 19.1. The van der Waals surface area contributed by atoms with Crippen molar-refractivity contribution in [2.75, 3.05) is 61.6 Å². The lowest BCUT2D eigenvalue weighted by molar-refractivity contribution is -0.138. The number of hydrazine groups is 1. The Bertz CT molecular complexity index is 1450. The van der Waals surface area contributed by atoms with E-state index in [-0.39, 0.29) is 25.0 Å². The number of anilines is 3. The molecule has 0 unspecified atom stereocenters. The Kier molecular flexibility index (Phi) is 10.3. The van der Waals surface area contributed by atoms with Crippen LogP contribution in [0.4, 0.5) is 25.8 Å². The van der Waals surface area contributed by atoms with Gasteiger partial charge in [0.05, 0.1) is 17.8 Å². The summed E-state index contributed by atoms with van der Waals surface area (Å²) in [5, 5.41) is 15.7. The summed E-state index contributed by atoms with van der Waals surface area (Å²) in [6.07, 6.45) is 1.96. The molecule has 234 valence electrons. The second-order valence-electron chi connectivity index (χ2n) is 11.2. The average Bonchev–Trinajstić information content (AvgIpc) is 3.00. The number of carbonyl (C=O) groups excluding carboxylic acids is 1. The van der Waals surface area contributed by atoms with Crippen molar-refractivity contribution >= 4 is 28.9 Å². The fourth-order valence-corrected chi connectivity index (χ4v) is 5.73. The molecule has 0 spiro atoms. The van der Waals surface area contributed by atoms with Crippen LogP contribution in [0.2, 0.25) is 0 Å². The summed E-state index contributed by atoms with van der Waals surface area (Å²) in [4.78, 5) is 28.8. The number of nitrogens with two attached hydrogens (primary N) is 1. The predicted octanol–water partition coefficient (Wildman–Crippen LogP) is 3.57. The predicted molar refractivity (Wildman–Crippen MR) is 165 cm³/mol. The molecule has 44 heavy (non-hydrogen) atoms. The van der Waals surface area contributed by atoms with Crippen LogP contribution < -0.4 is 26.8 Å². The van der Waals surface area contributed by atoms with E-state index in [0.717, 1.165) is 41.4 Å². The molecule has 3 aromatic carbocycles. The first-order valence-electron chi connectivity index (χ1n) is 14.8. The summed E-state index contributed by atoms with van der Waals surface area (Å²) in [5.41, 5.74) is 7.49. The van der Waals surface area contributed by atoms with E-state index in [1.807, 2.05) is 35.2 Å². The first-order valence-corrected chi connectivity index (χ1v) is 14.8. The molecule has 2 aliphatic rings. The number of carboxylic acids is 1. The minimum atomic E-state index is -0.833. The number of halogens is 2. The van der Waals surface area contributed by atoms with Gasteiger partial charge in [-0.15, -0.1) is 0 Å². The lowest BCUT2D eigenvalue weighted by atomic mass is 10.0. The number of aliphatic carboxylic acids is 1. The van der Waals surface area contributed by atoms with Gasteiger partial charge in [-0.05, 0) is 72.4 Å². The molecular weight excluding hydrogens is 570 g/mol. The normalized spacial score (nSPS) is 16.0. The topological polar surface area (TPSA) is 132 Å². The lowest BCUT2D eigenvalue weighted by Crippen LogP contribution is -2.48. The van der Waals surface area contributed by atoms with E-state index in [1.165, 1.54) is 12.1 Å². The quantitative estimate of drug-likeness (QED) is 0.164. The van der Waals surface area contributed by atoms with Crippen LogP contribution in [0.3, 0.4) is 0 Å². The van der Waals surface area contributed by atoms with Gasteiger partial charge in [0.25, 0.3) is 5.91 Å². The number of nitrogens with zero attached hydrogens (tertiary/aromatic N) is 2. The highest BCUT2D eigenvalue weighted by molar-refractivity contribution is 6.00. The van der Waals surface area contributed by atoms with Crippen molar-refractivity contribution in [2.24, 2.45) is 5.84 Å². The van der Waals surface area contributed by atoms with Crippen molar-refractivity contribution in [2.45, 2.75) is 31.8 Å². The molecular formula is C32H38F2N6O4. The van der Waals surface area contributed by atoms with Crippen LogP contribution in [0.5, 0.6) is 0 Å². The lowest BCUT2D eigenvalue weighted by Gasteiger charge is -2.35. The molecule has 0 atom stereocenters. The standard InChI is InChI=1S/C32H38F2N6O4/c33-24-15-22(16-25(34)17-24)13-21-1-4-29(38-35)23(14-21)19-36-32(43)28-3-2-27(18-30(28)37-26-5-11-44-12-6-26)40-9-7-39(8-10-40)20-31(41)42/h1-4,14-18,26,37-38H,5-13,19-20,35H2,(H,36,43)(H,41,42). The summed E-state index contributed by atoms with van der Waals surface area (Å²) < 4.78 is 32.9. The van der Waals surface area contributed by atoms with Gasteiger partial charge in [0, 0.05) is 69.4 Å². The Balaban J connectivity index is 1.31. The maximum Gasteiger partial charge on any atom is 0.317 e. The van der Waals surface area contributed by atoms with Crippen molar-refractivity contribution in [1.29, 1.82) is 0 Å². The van der Waals surface area contributed by atoms with Gasteiger partial charge in [0.15, 0.2) is 0 Å². The summed E-state index contributed by atoms with van der Waals surface area (Å²) in [7, 11) is 0. The number of ether oxygens (including phenoxy) is 1. The Morgan fingerprint density at radius 3 is 2.32 bits per heavy atom. The molecule has 2 heterocycles. The number of nitrogen functional groups attached to an aromatic ring is 1. The third-order valence-electron chi connectivity index (χ3n) is 8.02. The molecule has 5 rings (SSSR count). The highest BCUT2D eigenvalue weighted by Crippen LogP contribution is 2.28. The van der Waals surface area contributed by atoms with E-state index < -0.39 is 17.6 Å². The van der Waals surface area contributed by atoms with Crippen molar-refractivity contribution in [3.63, 3.8) is 0 Å². The van der Waals surface area contributed by atoms with Crippen LogP contribution in [-0.4, -0.2) is 73.9 Å². The average molecular weight is 609 g/mol. The van der Waals surface area contributed by atoms with Crippen LogP contribution in [0.25, 0.3) is 0 Å². The summed E-state index contributed by atoms with van der Waals surface area (Å²) in [6, 6.07) is 14.8. The fourth-order valence-electron chi connectivity index (χ4n) is 5.73. The number of piperazine rings is 1. The number of hydrogen-bond donors (Lipinski definition) is 5. The molecule has 0 bridgehead atoms. The Morgan fingerprint density at radius 1 is 0.909 bits per heavy atom. The van der Waals surface area contributed by atoms with Crippen LogP contribution in [0.15, 0.2) is 54.6 Å². The number of nitrogens with one attached hydrogen (secondary N) is 3. The first-order chi connectivity index (χ1) is 21.3. The molecule has 6 N–H and O–H groups in total. The molecule has 2 fully saturated rings. The molecule has 0 saturated carbocycles. The van der Waals surface area contributed by atoms with Gasteiger partial charge in [-0.3, -0.25) is 20.3 Å². The first kappa shape index (κ1) is 31.2. The third kappa shape index (κ3) is 8.22.